The van der Waals surface area contributed by atoms with Crippen molar-refractivity contribution in [2.24, 2.45) is 0 Å². The monoisotopic (exact) mass is 381 g/mol. The Morgan fingerprint density at radius 3 is 2.57 bits per heavy atom. The number of methoxy groups -OCH3 is 1. The highest BCUT2D eigenvalue weighted by molar-refractivity contribution is 5.82. The lowest BCUT2D eigenvalue weighted by atomic mass is 10.0. The molecule has 0 bridgehead atoms. The van der Waals surface area contributed by atoms with E-state index in [2.05, 4.69) is 10.3 Å². The smallest absolute Gasteiger partial charge is 0.329 e. The highest BCUT2D eigenvalue weighted by Crippen LogP contribution is 2.13. The van der Waals surface area contributed by atoms with Crippen LogP contribution in [0.2, 0.25) is 0 Å². The topological polar surface area (TPSA) is 93.2 Å². The quantitative estimate of drug-likeness (QED) is 0.580. The number of ether oxygens (including phenoxy) is 1. The minimum atomic E-state index is -0.953. The van der Waals surface area contributed by atoms with Gasteiger partial charge in [-0.05, 0) is 24.1 Å². The largest absolute Gasteiger partial charge is 0.385 e. The van der Waals surface area contributed by atoms with E-state index in [1.807, 2.05) is 30.3 Å². The van der Waals surface area contributed by atoms with E-state index in [0.717, 1.165) is 10.1 Å². The van der Waals surface area contributed by atoms with Crippen LogP contribution in [0.3, 0.4) is 0 Å². The van der Waals surface area contributed by atoms with Gasteiger partial charge in [0.25, 0.3) is 5.56 Å². The fraction of sp³-hybridized carbons (Fsp3) is 0.286. The highest BCUT2D eigenvalue weighted by atomic mass is 16.5. The number of nitrogens with zero attached hydrogens (tertiary/aromatic N) is 1. The Morgan fingerprint density at radius 2 is 1.82 bits per heavy atom. The number of benzene rings is 2. The average Bonchev–Trinajstić information content (AvgIpc) is 2.71. The molecule has 28 heavy (non-hydrogen) atoms. The van der Waals surface area contributed by atoms with E-state index in [0.29, 0.717) is 30.5 Å². The van der Waals surface area contributed by atoms with Crippen molar-refractivity contribution in [2.75, 3.05) is 20.3 Å². The first-order valence-corrected chi connectivity index (χ1v) is 9.16. The molecule has 7 nitrogen and oxygen atoms in total. The first-order chi connectivity index (χ1) is 13.6. The number of nitrogens with one attached hydrogen (secondary N) is 2. The Kier molecular flexibility index (Phi) is 6.39. The summed E-state index contributed by atoms with van der Waals surface area (Å²) in [7, 11) is 1.59. The highest BCUT2D eigenvalue weighted by Gasteiger charge is 2.25. The van der Waals surface area contributed by atoms with Gasteiger partial charge in [-0.2, -0.15) is 0 Å². The number of aromatic amines is 1. The Labute approximate surface area is 162 Å². The van der Waals surface area contributed by atoms with Crippen LogP contribution in [-0.2, 0) is 16.0 Å². The van der Waals surface area contributed by atoms with Crippen LogP contribution >= 0.6 is 0 Å². The molecular weight excluding hydrogens is 358 g/mol. The summed E-state index contributed by atoms with van der Waals surface area (Å²) in [6.07, 6.45) is 0.877. The molecule has 1 atom stereocenters. The molecule has 0 aliphatic rings. The van der Waals surface area contributed by atoms with Crippen molar-refractivity contribution in [1.82, 2.24) is 14.9 Å². The second-order valence-electron chi connectivity index (χ2n) is 6.49. The number of rotatable bonds is 8. The number of amides is 1. The van der Waals surface area contributed by atoms with Crippen LogP contribution < -0.4 is 16.6 Å². The molecule has 0 spiro atoms. The van der Waals surface area contributed by atoms with Crippen molar-refractivity contribution in [3.05, 3.63) is 81.0 Å². The fourth-order valence-corrected chi connectivity index (χ4v) is 3.14. The number of carbonyl (C=O) groups excluding carboxylic acids is 1. The van der Waals surface area contributed by atoms with E-state index in [4.69, 9.17) is 4.74 Å². The molecule has 3 aromatic rings. The van der Waals surface area contributed by atoms with Crippen LogP contribution in [-0.4, -0.2) is 35.7 Å². The summed E-state index contributed by atoms with van der Waals surface area (Å²) in [4.78, 5) is 41.3. The summed E-state index contributed by atoms with van der Waals surface area (Å²) >= 11 is 0. The normalized spacial score (nSPS) is 12.0. The number of hydrogen-bond donors (Lipinski definition) is 2. The molecule has 1 amide bonds. The summed E-state index contributed by atoms with van der Waals surface area (Å²) in [5.74, 6) is -0.372. The Morgan fingerprint density at radius 1 is 1.11 bits per heavy atom. The van der Waals surface area contributed by atoms with E-state index in [1.54, 1.807) is 31.4 Å². The number of H-pyrrole nitrogens is 1. The van der Waals surface area contributed by atoms with E-state index >= 15 is 0 Å². The second kappa shape index (κ2) is 9.14. The molecular formula is C21H23N3O4. The van der Waals surface area contributed by atoms with E-state index in [1.165, 1.54) is 0 Å². The summed E-state index contributed by atoms with van der Waals surface area (Å²) in [5.41, 5.74) is 0.232. The predicted octanol–water partition coefficient (Wildman–Crippen LogP) is 1.63. The fourth-order valence-electron chi connectivity index (χ4n) is 3.14. The van der Waals surface area contributed by atoms with E-state index in [9.17, 15) is 14.4 Å². The third-order valence-corrected chi connectivity index (χ3v) is 4.55. The third-order valence-electron chi connectivity index (χ3n) is 4.55. The van der Waals surface area contributed by atoms with Crippen LogP contribution in [0.5, 0.6) is 0 Å². The minimum absolute atomic E-state index is 0.234. The van der Waals surface area contributed by atoms with Gasteiger partial charge in [0.15, 0.2) is 0 Å². The molecule has 2 N–H and O–H groups in total. The summed E-state index contributed by atoms with van der Waals surface area (Å²) < 4.78 is 6.00. The lowest BCUT2D eigenvalue weighted by Crippen LogP contribution is -2.45. The summed E-state index contributed by atoms with van der Waals surface area (Å²) in [6, 6.07) is 15.1. The summed E-state index contributed by atoms with van der Waals surface area (Å²) in [5, 5.41) is 3.18. The van der Waals surface area contributed by atoms with E-state index in [-0.39, 0.29) is 12.3 Å². The molecule has 1 heterocycles. The molecule has 0 aliphatic carbocycles. The van der Waals surface area contributed by atoms with Crippen LogP contribution in [0.25, 0.3) is 10.9 Å². The van der Waals surface area contributed by atoms with Crippen molar-refractivity contribution < 1.29 is 9.53 Å². The van der Waals surface area contributed by atoms with Gasteiger partial charge in [-0.3, -0.25) is 9.59 Å². The van der Waals surface area contributed by atoms with Gasteiger partial charge in [0.1, 0.15) is 6.04 Å². The molecule has 0 saturated carbocycles. The number of hydrogen-bond acceptors (Lipinski definition) is 4. The first-order valence-electron chi connectivity index (χ1n) is 9.16. The maximum atomic E-state index is 13.0. The zero-order valence-electron chi connectivity index (χ0n) is 15.7. The molecule has 3 rings (SSSR count). The number of para-hydroxylation sites is 1. The SMILES string of the molecule is COCCCNC(=O)[C@H](Cc1ccccc1)n1c(=O)[nH]c2ccccc2c1=O. The molecule has 0 fully saturated rings. The molecule has 146 valence electrons. The predicted molar refractivity (Wildman–Crippen MR) is 108 cm³/mol. The van der Waals surface area contributed by atoms with Gasteiger partial charge in [-0.25, -0.2) is 9.36 Å². The first kappa shape index (κ1) is 19.6. The zero-order chi connectivity index (χ0) is 19.9. The molecule has 1 aromatic heterocycles. The third kappa shape index (κ3) is 4.37. The molecule has 0 saturated heterocycles. The zero-order valence-corrected chi connectivity index (χ0v) is 15.7. The van der Waals surface area contributed by atoms with Crippen molar-refractivity contribution in [3.8, 4) is 0 Å². The molecule has 0 radical (unpaired) electrons. The minimum Gasteiger partial charge on any atom is -0.385 e. The number of fused-ring (bicyclic) bond motifs is 1. The van der Waals surface area contributed by atoms with Crippen LogP contribution in [0.4, 0.5) is 0 Å². The Bertz CT molecular complexity index is 1060. The van der Waals surface area contributed by atoms with Gasteiger partial charge in [-0.15, -0.1) is 0 Å². The van der Waals surface area contributed by atoms with Gasteiger partial charge in [-0.1, -0.05) is 42.5 Å². The van der Waals surface area contributed by atoms with Crippen LogP contribution in [0.1, 0.15) is 18.0 Å². The second-order valence-corrected chi connectivity index (χ2v) is 6.49. The lowest BCUT2D eigenvalue weighted by molar-refractivity contribution is -0.124. The van der Waals surface area contributed by atoms with Gasteiger partial charge < -0.3 is 15.0 Å². The Hall–Kier alpha value is -3.19. The Balaban J connectivity index is 2.01. The molecule has 2 aromatic carbocycles. The lowest BCUT2D eigenvalue weighted by Gasteiger charge is -2.19. The molecule has 0 unspecified atom stereocenters. The maximum Gasteiger partial charge on any atom is 0.329 e. The van der Waals surface area contributed by atoms with Crippen molar-refractivity contribution >= 4 is 16.8 Å². The van der Waals surface area contributed by atoms with Crippen LogP contribution in [0.15, 0.2) is 64.2 Å². The van der Waals surface area contributed by atoms with Crippen molar-refractivity contribution in [2.45, 2.75) is 18.9 Å². The average molecular weight is 381 g/mol. The van der Waals surface area contributed by atoms with Gasteiger partial charge in [0.05, 0.1) is 10.9 Å². The number of aromatic nitrogens is 2. The number of carbonyl (C=O) groups is 1. The standard InChI is InChI=1S/C21H23N3O4/c1-28-13-7-12-22-19(25)18(14-15-8-3-2-4-9-15)24-20(26)16-10-5-6-11-17(16)23-21(24)27/h2-6,8-11,18H,7,12-14H2,1H3,(H,22,25)(H,23,27)/t18-/m0/s1. The molecule has 7 heteroatoms. The van der Waals surface area contributed by atoms with Crippen molar-refractivity contribution in [1.29, 1.82) is 0 Å². The van der Waals surface area contributed by atoms with Gasteiger partial charge >= 0.3 is 5.69 Å². The maximum absolute atomic E-state index is 13.0. The van der Waals surface area contributed by atoms with Gasteiger partial charge in [0, 0.05) is 26.7 Å². The van der Waals surface area contributed by atoms with Crippen LogP contribution in [0, 0.1) is 0 Å². The molecule has 0 aliphatic heterocycles. The van der Waals surface area contributed by atoms with Crippen molar-refractivity contribution in [3.63, 3.8) is 0 Å². The van der Waals surface area contributed by atoms with Gasteiger partial charge in [0.2, 0.25) is 5.91 Å². The van der Waals surface area contributed by atoms with E-state index < -0.39 is 17.3 Å². The summed E-state index contributed by atoms with van der Waals surface area (Å²) in [6.45, 7) is 0.915.